The van der Waals surface area contributed by atoms with Crippen LogP contribution in [0.4, 0.5) is 0 Å². The van der Waals surface area contributed by atoms with Crippen molar-refractivity contribution >= 4 is 44.1 Å². The molecule has 6 rings (SSSR count). The van der Waals surface area contributed by atoms with Gasteiger partial charge in [0.2, 0.25) is 0 Å². The summed E-state index contributed by atoms with van der Waals surface area (Å²) in [6.45, 7) is 0. The highest BCUT2D eigenvalue weighted by molar-refractivity contribution is 7.90. The van der Waals surface area contributed by atoms with E-state index in [2.05, 4.69) is 9.97 Å². The van der Waals surface area contributed by atoms with E-state index < -0.39 is 11.2 Å². The maximum absolute atomic E-state index is 13.7. The summed E-state index contributed by atoms with van der Waals surface area (Å²) in [6, 6.07) is 25.0. The Kier molecular flexibility index (Phi) is 4.90. The SMILES string of the molecule is [O-][S+](Cc1ccnc2ccccc12)c1nc2ccccc2nc1-c1cnc2ccccc2n1. The fourth-order valence-corrected chi connectivity index (χ4v) is 5.11. The van der Waals surface area contributed by atoms with Crippen LogP contribution in [-0.4, -0.2) is 29.5 Å². The number of aromatic nitrogens is 5. The monoisotopic (exact) mass is 447 g/mol. The van der Waals surface area contributed by atoms with Gasteiger partial charge in [-0.25, -0.2) is 9.97 Å². The van der Waals surface area contributed by atoms with Gasteiger partial charge in [0, 0.05) is 28.3 Å². The zero-order chi connectivity index (χ0) is 22.2. The van der Waals surface area contributed by atoms with Crippen molar-refractivity contribution in [3.63, 3.8) is 0 Å². The lowest BCUT2D eigenvalue weighted by molar-refractivity contribution is 0.591. The Morgan fingerprint density at radius 2 is 1.27 bits per heavy atom. The molecule has 6 nitrogen and oxygen atoms in total. The quantitative estimate of drug-likeness (QED) is 0.350. The molecule has 6 aromatic rings. The van der Waals surface area contributed by atoms with E-state index in [0.29, 0.717) is 27.7 Å². The standard InChI is InChI=1S/C26H17N5OS/c32-33(16-17-13-14-27-19-8-2-1-7-18(17)19)26-25(30-22-11-5-6-12-23(22)31-26)24-15-28-20-9-3-4-10-21(20)29-24/h1-15H,16H2. The van der Waals surface area contributed by atoms with Crippen molar-refractivity contribution in [2.45, 2.75) is 10.8 Å². The van der Waals surface area contributed by atoms with Crippen molar-refractivity contribution in [1.29, 1.82) is 0 Å². The molecule has 33 heavy (non-hydrogen) atoms. The van der Waals surface area contributed by atoms with Gasteiger partial charge < -0.3 is 4.55 Å². The van der Waals surface area contributed by atoms with Crippen molar-refractivity contribution < 1.29 is 4.55 Å². The summed E-state index contributed by atoms with van der Waals surface area (Å²) >= 11 is -1.46. The van der Waals surface area contributed by atoms with Crippen LogP contribution in [0.15, 0.2) is 96.3 Å². The maximum Gasteiger partial charge on any atom is 0.273 e. The Balaban J connectivity index is 1.50. The highest BCUT2D eigenvalue weighted by Crippen LogP contribution is 2.29. The Morgan fingerprint density at radius 1 is 0.636 bits per heavy atom. The van der Waals surface area contributed by atoms with Gasteiger partial charge in [0.25, 0.3) is 5.03 Å². The van der Waals surface area contributed by atoms with Gasteiger partial charge in [0.15, 0.2) is 5.69 Å². The van der Waals surface area contributed by atoms with Crippen LogP contribution in [0.25, 0.3) is 44.4 Å². The molecule has 1 unspecified atom stereocenters. The van der Waals surface area contributed by atoms with Crippen molar-refractivity contribution in [2.75, 3.05) is 0 Å². The number of benzene rings is 3. The van der Waals surface area contributed by atoms with E-state index in [1.165, 1.54) is 0 Å². The van der Waals surface area contributed by atoms with Crippen LogP contribution in [0.5, 0.6) is 0 Å². The van der Waals surface area contributed by atoms with Crippen molar-refractivity contribution in [3.05, 3.63) is 96.8 Å². The Labute approximate surface area is 192 Å². The number of hydrogen-bond donors (Lipinski definition) is 0. The second-order valence-corrected chi connectivity index (χ2v) is 8.95. The first-order chi connectivity index (χ1) is 16.3. The van der Waals surface area contributed by atoms with Gasteiger partial charge in [-0.15, -0.1) is 0 Å². The first-order valence-electron chi connectivity index (χ1n) is 10.5. The lowest BCUT2D eigenvalue weighted by atomic mass is 10.1. The van der Waals surface area contributed by atoms with Gasteiger partial charge in [0.05, 0.1) is 33.8 Å². The average molecular weight is 448 g/mol. The smallest absolute Gasteiger partial charge is 0.273 e. The molecular formula is C26H17N5OS. The second-order valence-electron chi connectivity index (χ2n) is 7.59. The molecule has 0 spiro atoms. The van der Waals surface area contributed by atoms with E-state index in [-0.39, 0.29) is 0 Å². The van der Waals surface area contributed by atoms with Crippen molar-refractivity contribution in [2.24, 2.45) is 0 Å². The molecule has 0 bridgehead atoms. The van der Waals surface area contributed by atoms with E-state index in [0.717, 1.165) is 33.0 Å². The molecule has 0 saturated heterocycles. The zero-order valence-corrected chi connectivity index (χ0v) is 18.2. The van der Waals surface area contributed by atoms with Gasteiger partial charge in [-0.1, -0.05) is 42.5 Å². The molecule has 3 aromatic heterocycles. The Morgan fingerprint density at radius 3 is 2.06 bits per heavy atom. The molecule has 0 saturated carbocycles. The summed E-state index contributed by atoms with van der Waals surface area (Å²) in [6.07, 6.45) is 3.42. The summed E-state index contributed by atoms with van der Waals surface area (Å²) in [5.74, 6) is 0.296. The van der Waals surface area contributed by atoms with Crippen molar-refractivity contribution in [3.8, 4) is 11.4 Å². The first-order valence-corrected chi connectivity index (χ1v) is 11.8. The van der Waals surface area contributed by atoms with Gasteiger partial charge in [-0.05, 0) is 36.4 Å². The molecule has 0 aliphatic carbocycles. The summed E-state index contributed by atoms with van der Waals surface area (Å²) in [4.78, 5) is 23.2. The summed E-state index contributed by atoms with van der Waals surface area (Å²) in [5.41, 5.74) is 5.82. The van der Waals surface area contributed by atoms with Gasteiger partial charge >= 0.3 is 0 Å². The second kappa shape index (κ2) is 8.20. The van der Waals surface area contributed by atoms with E-state index in [1.54, 1.807) is 12.4 Å². The molecule has 3 heterocycles. The van der Waals surface area contributed by atoms with Crippen LogP contribution in [0.1, 0.15) is 5.56 Å². The highest BCUT2D eigenvalue weighted by Gasteiger charge is 2.25. The molecule has 1 atom stereocenters. The number of pyridine rings is 1. The molecule has 0 radical (unpaired) electrons. The zero-order valence-electron chi connectivity index (χ0n) is 17.4. The third-order valence-corrected chi connectivity index (χ3v) is 6.76. The number of fused-ring (bicyclic) bond motifs is 3. The van der Waals surface area contributed by atoms with Crippen LogP contribution in [0.3, 0.4) is 0 Å². The minimum atomic E-state index is -1.46. The minimum Gasteiger partial charge on any atom is -0.610 e. The largest absolute Gasteiger partial charge is 0.610 e. The first kappa shape index (κ1) is 19.7. The summed E-state index contributed by atoms with van der Waals surface area (Å²) in [7, 11) is 0. The molecule has 7 heteroatoms. The highest BCUT2D eigenvalue weighted by atomic mass is 32.2. The molecule has 3 aromatic carbocycles. The van der Waals surface area contributed by atoms with Gasteiger partial charge in [-0.2, -0.15) is 4.98 Å². The molecule has 0 aliphatic rings. The molecule has 158 valence electrons. The third-order valence-electron chi connectivity index (χ3n) is 5.47. The lowest BCUT2D eigenvalue weighted by Gasteiger charge is -2.14. The molecule has 0 amide bonds. The fraction of sp³-hybridized carbons (Fsp3) is 0.0385. The average Bonchev–Trinajstić information content (AvgIpc) is 2.88. The van der Waals surface area contributed by atoms with E-state index in [4.69, 9.17) is 15.0 Å². The van der Waals surface area contributed by atoms with Crippen LogP contribution in [0.2, 0.25) is 0 Å². The predicted molar refractivity (Wildman–Crippen MR) is 130 cm³/mol. The van der Waals surface area contributed by atoms with E-state index >= 15 is 0 Å². The number of para-hydroxylation sites is 5. The number of hydrogen-bond acceptors (Lipinski definition) is 6. The summed E-state index contributed by atoms with van der Waals surface area (Å²) in [5, 5.41) is 1.38. The predicted octanol–water partition coefficient (Wildman–Crippen LogP) is 5.10. The van der Waals surface area contributed by atoms with E-state index in [1.807, 2.05) is 78.9 Å². The Bertz CT molecular complexity index is 1630. The van der Waals surface area contributed by atoms with E-state index in [9.17, 15) is 4.55 Å². The lowest BCUT2D eigenvalue weighted by Crippen LogP contribution is -2.11. The third kappa shape index (κ3) is 3.67. The number of rotatable bonds is 4. The topological polar surface area (TPSA) is 87.5 Å². The normalized spacial score (nSPS) is 12.4. The Hall–Kier alpha value is -3.94. The van der Waals surface area contributed by atoms with Crippen LogP contribution >= 0.6 is 0 Å². The van der Waals surface area contributed by atoms with Crippen LogP contribution < -0.4 is 0 Å². The molecule has 0 aliphatic heterocycles. The van der Waals surface area contributed by atoms with Crippen LogP contribution in [-0.2, 0) is 16.9 Å². The molecule has 0 N–H and O–H groups in total. The van der Waals surface area contributed by atoms with Gasteiger partial charge in [0.1, 0.15) is 11.4 Å². The number of nitrogens with zero attached hydrogens (tertiary/aromatic N) is 5. The molecule has 0 fully saturated rings. The van der Waals surface area contributed by atoms with Gasteiger partial charge in [-0.3, -0.25) is 9.97 Å². The molecular weight excluding hydrogens is 430 g/mol. The van der Waals surface area contributed by atoms with Crippen molar-refractivity contribution in [1.82, 2.24) is 24.9 Å². The maximum atomic E-state index is 13.7. The minimum absolute atomic E-state index is 0.296. The summed E-state index contributed by atoms with van der Waals surface area (Å²) < 4.78 is 13.7. The fourth-order valence-electron chi connectivity index (χ4n) is 3.87. The van der Waals surface area contributed by atoms with Crippen LogP contribution in [0, 0.1) is 0 Å².